The molecule has 122 valence electrons. The minimum Gasteiger partial charge on any atom is -0.465 e. The lowest BCUT2D eigenvalue weighted by atomic mass is 10.1. The van der Waals surface area contributed by atoms with Crippen molar-refractivity contribution in [2.75, 3.05) is 18.2 Å². The topological polar surface area (TPSA) is 86.1 Å². The molecule has 1 aromatic heterocycles. The second kappa shape index (κ2) is 7.77. The summed E-state index contributed by atoms with van der Waals surface area (Å²) in [6.45, 7) is 4.59. The summed E-state index contributed by atoms with van der Waals surface area (Å²) in [7, 11) is 1.32. The summed E-state index contributed by atoms with van der Waals surface area (Å²) in [5.74, 6) is -0.405. The van der Waals surface area contributed by atoms with Crippen LogP contribution in [-0.4, -0.2) is 39.5 Å². The van der Waals surface area contributed by atoms with Crippen molar-refractivity contribution >= 4 is 29.3 Å². The monoisotopic (exact) mass is 334 g/mol. The first-order valence-corrected chi connectivity index (χ1v) is 8.03. The van der Waals surface area contributed by atoms with Crippen molar-refractivity contribution in [2.45, 2.75) is 25.5 Å². The first-order chi connectivity index (χ1) is 11.0. The van der Waals surface area contributed by atoms with Crippen LogP contribution in [0.25, 0.3) is 0 Å². The maximum Gasteiger partial charge on any atom is 0.337 e. The van der Waals surface area contributed by atoms with Crippen molar-refractivity contribution in [3.63, 3.8) is 0 Å². The molecule has 1 aromatic carbocycles. The molecule has 0 radical (unpaired) electrons. The van der Waals surface area contributed by atoms with E-state index in [4.69, 9.17) is 0 Å². The van der Waals surface area contributed by atoms with Gasteiger partial charge < -0.3 is 14.6 Å². The van der Waals surface area contributed by atoms with E-state index in [-0.39, 0.29) is 11.7 Å². The number of anilines is 1. The number of thioether (sulfide) groups is 1. The SMILES string of the molecule is CCn1cnnc1SCC(=O)Nc1cc(C(=O)OC)ccc1C. The second-order valence-corrected chi connectivity index (χ2v) is 5.70. The van der Waals surface area contributed by atoms with Crippen LogP contribution in [0.1, 0.15) is 22.8 Å². The fourth-order valence-electron chi connectivity index (χ4n) is 1.89. The summed E-state index contributed by atoms with van der Waals surface area (Å²) in [6.07, 6.45) is 1.63. The Labute approximate surface area is 138 Å². The molecule has 0 aliphatic heterocycles. The highest BCUT2D eigenvalue weighted by molar-refractivity contribution is 7.99. The van der Waals surface area contributed by atoms with Gasteiger partial charge in [0.25, 0.3) is 0 Å². The Hall–Kier alpha value is -2.35. The summed E-state index contributed by atoms with van der Waals surface area (Å²) in [6, 6.07) is 5.04. The van der Waals surface area contributed by atoms with E-state index in [9.17, 15) is 9.59 Å². The van der Waals surface area contributed by atoms with Gasteiger partial charge in [-0.1, -0.05) is 17.8 Å². The fourth-order valence-corrected chi connectivity index (χ4v) is 2.67. The van der Waals surface area contributed by atoms with E-state index < -0.39 is 5.97 Å². The molecule has 1 N–H and O–H groups in total. The molecule has 0 atom stereocenters. The quantitative estimate of drug-likeness (QED) is 0.643. The molecular formula is C15H18N4O3S. The first-order valence-electron chi connectivity index (χ1n) is 7.04. The zero-order valence-electron chi connectivity index (χ0n) is 13.2. The van der Waals surface area contributed by atoms with Crippen molar-refractivity contribution < 1.29 is 14.3 Å². The van der Waals surface area contributed by atoms with Gasteiger partial charge in [0.15, 0.2) is 5.16 Å². The largest absolute Gasteiger partial charge is 0.465 e. The standard InChI is InChI=1S/C15H18N4O3S/c1-4-19-9-16-18-15(19)23-8-13(20)17-12-7-11(14(21)22-3)6-5-10(12)2/h5-7,9H,4,8H2,1-3H3,(H,17,20). The second-order valence-electron chi connectivity index (χ2n) is 4.76. The van der Waals surface area contributed by atoms with Crippen LogP contribution in [-0.2, 0) is 16.1 Å². The maximum atomic E-state index is 12.1. The number of aryl methyl sites for hydroxylation is 2. The predicted octanol–water partition coefficient (Wildman–Crippen LogP) is 2.12. The van der Waals surface area contributed by atoms with Gasteiger partial charge >= 0.3 is 5.97 Å². The van der Waals surface area contributed by atoms with E-state index >= 15 is 0 Å². The number of carbonyl (C=O) groups excluding carboxylic acids is 2. The van der Waals surface area contributed by atoms with Gasteiger partial charge in [-0.3, -0.25) is 4.79 Å². The number of esters is 1. The molecule has 0 bridgehead atoms. The molecule has 8 heteroatoms. The van der Waals surface area contributed by atoms with Crippen LogP contribution in [0.3, 0.4) is 0 Å². The third kappa shape index (κ3) is 4.32. The number of carbonyl (C=O) groups is 2. The normalized spacial score (nSPS) is 10.4. The number of hydrogen-bond acceptors (Lipinski definition) is 6. The van der Waals surface area contributed by atoms with E-state index in [1.165, 1.54) is 18.9 Å². The fraction of sp³-hybridized carbons (Fsp3) is 0.333. The summed E-state index contributed by atoms with van der Waals surface area (Å²) in [4.78, 5) is 23.7. The summed E-state index contributed by atoms with van der Waals surface area (Å²) in [5.41, 5.74) is 1.86. The minimum absolute atomic E-state index is 0.175. The highest BCUT2D eigenvalue weighted by Gasteiger charge is 2.12. The lowest BCUT2D eigenvalue weighted by molar-refractivity contribution is -0.113. The third-order valence-electron chi connectivity index (χ3n) is 3.19. The number of rotatable bonds is 6. The van der Waals surface area contributed by atoms with Gasteiger partial charge in [0.1, 0.15) is 6.33 Å². The zero-order chi connectivity index (χ0) is 16.8. The van der Waals surface area contributed by atoms with Crippen LogP contribution in [0.15, 0.2) is 29.7 Å². The number of methoxy groups -OCH3 is 1. The van der Waals surface area contributed by atoms with Crippen LogP contribution in [0.4, 0.5) is 5.69 Å². The minimum atomic E-state index is -0.439. The Balaban J connectivity index is 2.01. The molecule has 0 aliphatic carbocycles. The molecule has 23 heavy (non-hydrogen) atoms. The van der Waals surface area contributed by atoms with Gasteiger partial charge in [-0.2, -0.15) is 0 Å². The van der Waals surface area contributed by atoms with Gasteiger partial charge in [0.05, 0.1) is 18.4 Å². The maximum absolute atomic E-state index is 12.1. The molecule has 0 unspecified atom stereocenters. The number of amides is 1. The Morgan fingerprint density at radius 3 is 2.87 bits per heavy atom. The van der Waals surface area contributed by atoms with E-state index in [0.29, 0.717) is 16.4 Å². The molecule has 1 heterocycles. The van der Waals surface area contributed by atoms with Crippen molar-refractivity contribution in [3.8, 4) is 0 Å². The lowest BCUT2D eigenvalue weighted by Crippen LogP contribution is -2.16. The van der Waals surface area contributed by atoms with E-state index in [1.807, 2.05) is 18.4 Å². The summed E-state index contributed by atoms with van der Waals surface area (Å²) < 4.78 is 6.55. The van der Waals surface area contributed by atoms with E-state index in [0.717, 1.165) is 12.1 Å². The smallest absolute Gasteiger partial charge is 0.337 e. The van der Waals surface area contributed by atoms with Crippen LogP contribution >= 0.6 is 11.8 Å². The molecule has 0 aliphatic rings. The highest BCUT2D eigenvalue weighted by atomic mass is 32.2. The van der Waals surface area contributed by atoms with Gasteiger partial charge in [0.2, 0.25) is 5.91 Å². The predicted molar refractivity (Wildman–Crippen MR) is 87.6 cm³/mol. The van der Waals surface area contributed by atoms with Crippen LogP contribution in [0.5, 0.6) is 0 Å². The Bertz CT molecular complexity index is 714. The molecule has 0 saturated carbocycles. The average Bonchev–Trinajstić information content (AvgIpc) is 3.01. The van der Waals surface area contributed by atoms with E-state index in [1.54, 1.807) is 24.5 Å². The van der Waals surface area contributed by atoms with Crippen molar-refractivity contribution in [1.82, 2.24) is 14.8 Å². The van der Waals surface area contributed by atoms with Crippen molar-refractivity contribution in [1.29, 1.82) is 0 Å². The van der Waals surface area contributed by atoms with Gasteiger partial charge in [0, 0.05) is 12.2 Å². The number of hydrogen-bond donors (Lipinski definition) is 1. The Morgan fingerprint density at radius 2 is 2.17 bits per heavy atom. The number of benzene rings is 1. The van der Waals surface area contributed by atoms with Crippen molar-refractivity contribution in [2.24, 2.45) is 0 Å². The number of aromatic nitrogens is 3. The third-order valence-corrected chi connectivity index (χ3v) is 4.17. The van der Waals surface area contributed by atoms with Crippen LogP contribution < -0.4 is 5.32 Å². The number of nitrogens with one attached hydrogen (secondary N) is 1. The molecule has 0 saturated heterocycles. The van der Waals surface area contributed by atoms with Gasteiger partial charge in [-0.05, 0) is 31.5 Å². The van der Waals surface area contributed by atoms with E-state index in [2.05, 4.69) is 20.3 Å². The number of nitrogens with zero attached hydrogens (tertiary/aromatic N) is 3. The highest BCUT2D eigenvalue weighted by Crippen LogP contribution is 2.19. The van der Waals surface area contributed by atoms with Crippen LogP contribution in [0.2, 0.25) is 0 Å². The van der Waals surface area contributed by atoms with Gasteiger partial charge in [-0.25, -0.2) is 4.79 Å². The lowest BCUT2D eigenvalue weighted by Gasteiger charge is -2.10. The Kier molecular flexibility index (Phi) is 5.75. The van der Waals surface area contributed by atoms with Crippen LogP contribution in [0, 0.1) is 6.92 Å². The molecule has 0 spiro atoms. The Morgan fingerprint density at radius 1 is 1.39 bits per heavy atom. The molecule has 1 amide bonds. The summed E-state index contributed by atoms with van der Waals surface area (Å²) >= 11 is 1.31. The summed E-state index contributed by atoms with van der Waals surface area (Å²) in [5, 5.41) is 11.3. The molecular weight excluding hydrogens is 316 g/mol. The zero-order valence-corrected chi connectivity index (χ0v) is 14.0. The van der Waals surface area contributed by atoms with Gasteiger partial charge in [-0.15, -0.1) is 10.2 Å². The average molecular weight is 334 g/mol. The molecule has 2 rings (SSSR count). The molecule has 7 nitrogen and oxygen atoms in total. The molecule has 0 fully saturated rings. The first kappa shape index (κ1) is 17.0. The number of ether oxygens (including phenoxy) is 1. The molecule has 2 aromatic rings. The van der Waals surface area contributed by atoms with Crippen molar-refractivity contribution in [3.05, 3.63) is 35.7 Å².